The zero-order chi connectivity index (χ0) is 49.4. The van der Waals surface area contributed by atoms with E-state index < -0.39 is 0 Å². The van der Waals surface area contributed by atoms with Crippen LogP contribution in [0.15, 0.2) is 36.5 Å². The highest BCUT2D eigenvalue weighted by atomic mass is 14.1. The van der Waals surface area contributed by atoms with Gasteiger partial charge in [-0.2, -0.15) is 0 Å². The van der Waals surface area contributed by atoms with Crippen LogP contribution in [0.1, 0.15) is 406 Å². The third-order valence-electron chi connectivity index (χ3n) is 15.9. The van der Waals surface area contributed by atoms with E-state index in [9.17, 15) is 0 Å². The highest BCUT2D eigenvalue weighted by Gasteiger charge is 2.00. The van der Waals surface area contributed by atoms with Crippen LogP contribution in [-0.4, -0.2) is 0 Å². The Morgan fingerprint density at radius 2 is 0.203 bits per heavy atom. The molecule has 0 heteroatoms. The number of hydrogen-bond donors (Lipinski definition) is 0. The minimum atomic E-state index is 1.27. The summed E-state index contributed by atoms with van der Waals surface area (Å²) in [6.45, 7) is 4.26. The second kappa shape index (κ2) is 67.2. The number of unbranched alkanes of at least 4 members (excludes halogenated alkanes) is 59. The van der Waals surface area contributed by atoms with Crippen molar-refractivity contribution in [3.8, 4) is 0 Å². The number of hydrogen-bond acceptors (Lipinski definition) is 0. The first-order valence-corrected chi connectivity index (χ1v) is 33.3. The topological polar surface area (TPSA) is 0 Å². The van der Waals surface area contributed by atoms with E-state index in [4.69, 9.17) is 0 Å². The third kappa shape index (κ3) is 67.2. The maximum Gasteiger partial charge on any atom is -0.0351 e. The molecule has 0 atom stereocenters. The summed E-state index contributed by atoms with van der Waals surface area (Å²) in [5.74, 6) is 0. The van der Waals surface area contributed by atoms with Crippen LogP contribution >= 0.6 is 0 Å². The zero-order valence-electron chi connectivity index (χ0n) is 48.6. The fourth-order valence-corrected chi connectivity index (χ4v) is 11.0. The van der Waals surface area contributed by atoms with Gasteiger partial charge in [0.05, 0.1) is 0 Å². The van der Waals surface area contributed by atoms with E-state index in [1.807, 2.05) is 0 Å². The molecule has 0 heterocycles. The Bertz CT molecular complexity index is 938. The molecule has 0 bridgehead atoms. The molecule has 0 aliphatic carbocycles. The van der Waals surface area contributed by atoms with E-state index in [2.05, 4.69) is 50.3 Å². The fourth-order valence-electron chi connectivity index (χ4n) is 11.0. The molecule has 0 nitrogen and oxygen atoms in total. The molecule has 0 aliphatic rings. The van der Waals surface area contributed by atoms with Crippen molar-refractivity contribution in [3.05, 3.63) is 36.5 Å². The van der Waals surface area contributed by atoms with Crippen LogP contribution in [-0.2, 0) is 0 Å². The molecular weight excluding hydrogens is 829 g/mol. The van der Waals surface area contributed by atoms with Gasteiger partial charge in [-0.15, -0.1) is 0 Å². The van der Waals surface area contributed by atoms with Gasteiger partial charge in [-0.25, -0.2) is 0 Å². The molecule has 0 aliphatic heterocycles. The standard InChI is InChI=1S/C69H134/c1-3-5-7-9-11-13-15-17-19-21-23-25-27-29-31-33-35-37-39-41-43-45-47-49-51-53-55-57-59-61-63-65-67-69-68-66-64-62-60-58-56-54-52-50-48-46-44-42-40-38-36-34-32-30-28-26-24-22-20-18-16-14-12-10-8-6-4-2/h3-6,19,21H,7-18,20,22-69H2,1-2H3. The van der Waals surface area contributed by atoms with Crippen molar-refractivity contribution in [2.45, 2.75) is 406 Å². The predicted octanol–water partition coefficient (Wildman–Crippen LogP) is 26.5. The Hall–Kier alpha value is -0.780. The Morgan fingerprint density at radius 3 is 0.304 bits per heavy atom. The molecule has 0 aromatic rings. The number of allylic oxidation sites excluding steroid dienone is 6. The van der Waals surface area contributed by atoms with Crippen molar-refractivity contribution in [1.82, 2.24) is 0 Å². The zero-order valence-corrected chi connectivity index (χ0v) is 48.6. The van der Waals surface area contributed by atoms with Gasteiger partial charge in [0.25, 0.3) is 0 Å². The lowest BCUT2D eigenvalue weighted by atomic mass is 10.0. The highest BCUT2D eigenvalue weighted by molar-refractivity contribution is 4.81. The average molecular weight is 964 g/mol. The second-order valence-corrected chi connectivity index (χ2v) is 22.9. The van der Waals surface area contributed by atoms with Crippen molar-refractivity contribution in [2.75, 3.05) is 0 Å². The van der Waals surface area contributed by atoms with Gasteiger partial charge in [0, 0.05) is 0 Å². The normalized spacial score (nSPS) is 12.1. The first kappa shape index (κ1) is 68.2. The molecule has 0 unspecified atom stereocenters. The van der Waals surface area contributed by atoms with Crippen molar-refractivity contribution in [3.63, 3.8) is 0 Å². The van der Waals surface area contributed by atoms with Gasteiger partial charge in [0.15, 0.2) is 0 Å². The molecule has 0 fully saturated rings. The molecule has 0 aromatic heterocycles. The maximum absolute atomic E-state index is 2.45. The van der Waals surface area contributed by atoms with Crippen LogP contribution in [0.25, 0.3) is 0 Å². The van der Waals surface area contributed by atoms with Crippen LogP contribution in [0.4, 0.5) is 0 Å². The lowest BCUT2D eigenvalue weighted by Crippen LogP contribution is -1.85. The quantitative estimate of drug-likeness (QED) is 0.0421. The van der Waals surface area contributed by atoms with Crippen molar-refractivity contribution in [2.24, 2.45) is 0 Å². The van der Waals surface area contributed by atoms with Gasteiger partial charge >= 0.3 is 0 Å². The van der Waals surface area contributed by atoms with Gasteiger partial charge in [0.2, 0.25) is 0 Å². The van der Waals surface area contributed by atoms with E-state index in [0.29, 0.717) is 0 Å². The largest absolute Gasteiger partial charge is 0.0917 e. The predicted molar refractivity (Wildman–Crippen MR) is 320 cm³/mol. The maximum atomic E-state index is 2.45. The summed E-state index contributed by atoms with van der Waals surface area (Å²) in [5, 5.41) is 0. The Labute approximate surface area is 439 Å². The van der Waals surface area contributed by atoms with Crippen molar-refractivity contribution in [1.29, 1.82) is 0 Å². The highest BCUT2D eigenvalue weighted by Crippen LogP contribution is 2.20. The van der Waals surface area contributed by atoms with E-state index in [0.717, 1.165) is 0 Å². The molecule has 0 saturated carbocycles. The van der Waals surface area contributed by atoms with Crippen LogP contribution in [0.3, 0.4) is 0 Å². The van der Waals surface area contributed by atoms with Crippen molar-refractivity contribution >= 4 is 0 Å². The van der Waals surface area contributed by atoms with Crippen LogP contribution in [0.5, 0.6) is 0 Å². The molecular formula is C69H134. The summed E-state index contributed by atoms with van der Waals surface area (Å²) >= 11 is 0. The molecule has 410 valence electrons. The Kier molecular flexibility index (Phi) is 66.5. The molecule has 0 aromatic carbocycles. The molecule has 0 radical (unpaired) electrons. The van der Waals surface area contributed by atoms with Crippen LogP contribution in [0, 0.1) is 0 Å². The summed E-state index contributed by atoms with van der Waals surface area (Å²) in [7, 11) is 0. The summed E-state index contributed by atoms with van der Waals surface area (Å²) < 4.78 is 0. The van der Waals surface area contributed by atoms with Crippen molar-refractivity contribution < 1.29 is 0 Å². The summed E-state index contributed by atoms with van der Waals surface area (Å²) in [5.41, 5.74) is 0. The van der Waals surface area contributed by atoms with Crippen LogP contribution in [0.2, 0.25) is 0 Å². The van der Waals surface area contributed by atoms with Gasteiger partial charge in [-0.1, -0.05) is 377 Å². The SMILES string of the molecule is CC=CCCCCCCC=CCCCCCCCCCCCCCCCCCCCCCCCCCCCCCCCCCCCCCCCCCCCCCCCCCCCCCCCC=CC. The van der Waals surface area contributed by atoms with E-state index in [-0.39, 0.29) is 0 Å². The molecule has 0 saturated heterocycles. The summed E-state index contributed by atoms with van der Waals surface area (Å²) in [6.07, 6.45) is 103. The lowest BCUT2D eigenvalue weighted by molar-refractivity contribution is 0.507. The van der Waals surface area contributed by atoms with E-state index in [1.165, 1.54) is 392 Å². The van der Waals surface area contributed by atoms with Gasteiger partial charge in [-0.3, -0.25) is 0 Å². The molecule has 0 N–H and O–H groups in total. The Balaban J connectivity index is 3.09. The molecule has 0 spiro atoms. The summed E-state index contributed by atoms with van der Waals surface area (Å²) in [4.78, 5) is 0. The number of rotatable bonds is 63. The summed E-state index contributed by atoms with van der Waals surface area (Å²) in [6, 6.07) is 0. The van der Waals surface area contributed by atoms with E-state index >= 15 is 0 Å². The van der Waals surface area contributed by atoms with E-state index in [1.54, 1.807) is 0 Å². The first-order valence-electron chi connectivity index (χ1n) is 33.3. The minimum Gasteiger partial charge on any atom is -0.0917 e. The van der Waals surface area contributed by atoms with Gasteiger partial charge in [0.1, 0.15) is 0 Å². The average Bonchev–Trinajstić information content (AvgIpc) is 3.36. The lowest BCUT2D eigenvalue weighted by Gasteiger charge is -2.05. The first-order chi connectivity index (χ1) is 34.4. The Morgan fingerprint density at radius 1 is 0.116 bits per heavy atom. The van der Waals surface area contributed by atoms with Gasteiger partial charge in [-0.05, 0) is 65.2 Å². The van der Waals surface area contributed by atoms with Gasteiger partial charge < -0.3 is 0 Å². The second-order valence-electron chi connectivity index (χ2n) is 22.9. The molecule has 69 heavy (non-hydrogen) atoms. The minimum absolute atomic E-state index is 1.27. The third-order valence-corrected chi connectivity index (χ3v) is 15.9. The smallest absolute Gasteiger partial charge is 0.0351 e. The molecule has 0 rings (SSSR count). The van der Waals surface area contributed by atoms with Crippen LogP contribution < -0.4 is 0 Å². The molecule has 0 amide bonds. The monoisotopic (exact) mass is 963 g/mol. The fraction of sp³-hybridized carbons (Fsp3) is 0.913.